The zero-order chi connectivity index (χ0) is 30.5. The fourth-order valence-electron chi connectivity index (χ4n) is 5.75. The van der Waals surface area contributed by atoms with Crippen LogP contribution >= 0.6 is 34.0 Å². The summed E-state index contributed by atoms with van der Waals surface area (Å²) < 4.78 is 4.63. The van der Waals surface area contributed by atoms with E-state index in [-0.39, 0.29) is 5.57 Å². The summed E-state index contributed by atoms with van der Waals surface area (Å²) in [5, 5.41) is 23.2. The summed E-state index contributed by atoms with van der Waals surface area (Å²) >= 11 is 4.99. The van der Waals surface area contributed by atoms with Crippen LogP contribution in [0.25, 0.3) is 56.9 Å². The third kappa shape index (κ3) is 4.95. The third-order valence-electron chi connectivity index (χ3n) is 7.87. The van der Waals surface area contributed by atoms with Gasteiger partial charge in [0.05, 0.1) is 0 Å². The molecule has 0 aliphatic rings. The van der Waals surface area contributed by atoms with Gasteiger partial charge in [-0.15, -0.1) is 34.0 Å². The van der Waals surface area contributed by atoms with E-state index in [1.54, 1.807) is 28.7 Å². The quantitative estimate of drug-likeness (QED) is 0.146. The maximum absolute atomic E-state index is 11.2. The van der Waals surface area contributed by atoms with Crippen molar-refractivity contribution in [1.29, 1.82) is 5.26 Å². The Morgan fingerprint density at radius 2 is 1.33 bits per heavy atom. The summed E-state index contributed by atoms with van der Waals surface area (Å²) in [5.74, 6) is -1.21. The van der Waals surface area contributed by atoms with Crippen molar-refractivity contribution in [2.24, 2.45) is 0 Å². The van der Waals surface area contributed by atoms with Gasteiger partial charge in [-0.1, -0.05) is 66.7 Å². The van der Waals surface area contributed by atoms with Crippen LogP contribution in [0.2, 0.25) is 0 Å². The lowest BCUT2D eigenvalue weighted by Gasteiger charge is -2.26. The van der Waals surface area contributed by atoms with Gasteiger partial charge < -0.3 is 10.0 Å². The molecule has 3 aromatic heterocycles. The number of nitrogens with zero attached hydrogens (tertiary/aromatic N) is 2. The molecular formula is C38H22N2O2S3. The smallest absolute Gasteiger partial charge is 0.346 e. The standard InChI is InChI=1S/C38H22N2O2S3/c39-22-26(38(41)42)17-30-20-36-37(43-30)21-33(44-36)25-11-14-31-32-15-13-29(19-35(32)45-34(31)18-25)40(27-8-2-1-3-9-27)28-12-10-23-6-4-5-7-24(23)16-28/h1-21H,(H,41,42)/b26-17+. The van der Waals surface area contributed by atoms with Crippen molar-refractivity contribution in [2.75, 3.05) is 4.90 Å². The van der Waals surface area contributed by atoms with Gasteiger partial charge in [0.15, 0.2) is 0 Å². The molecular weight excluding hydrogens is 613 g/mol. The predicted octanol–water partition coefficient (Wildman–Crippen LogP) is 11.6. The highest BCUT2D eigenvalue weighted by Crippen LogP contribution is 2.44. The second-order valence-electron chi connectivity index (χ2n) is 10.7. The predicted molar refractivity (Wildman–Crippen MR) is 191 cm³/mol. The molecule has 7 heteroatoms. The normalized spacial score (nSPS) is 11.8. The molecule has 0 aliphatic heterocycles. The van der Waals surface area contributed by atoms with E-state index in [1.807, 2.05) is 12.1 Å². The van der Waals surface area contributed by atoms with Gasteiger partial charge in [-0.05, 0) is 77.0 Å². The summed E-state index contributed by atoms with van der Waals surface area (Å²) in [5.41, 5.74) is 4.24. The van der Waals surface area contributed by atoms with Crippen molar-refractivity contribution in [3.63, 3.8) is 0 Å². The lowest BCUT2D eigenvalue weighted by molar-refractivity contribution is -0.132. The minimum absolute atomic E-state index is 0.258. The third-order valence-corrected chi connectivity index (χ3v) is 11.3. The van der Waals surface area contributed by atoms with Crippen LogP contribution in [0.15, 0.2) is 127 Å². The zero-order valence-corrected chi connectivity index (χ0v) is 26.0. The Kier molecular flexibility index (Phi) is 6.69. The lowest BCUT2D eigenvalue weighted by atomic mass is 10.1. The lowest BCUT2D eigenvalue weighted by Crippen LogP contribution is -2.09. The number of aliphatic carboxylic acids is 1. The maximum Gasteiger partial charge on any atom is 0.346 e. The van der Waals surface area contributed by atoms with Crippen molar-refractivity contribution >= 4 is 103 Å². The summed E-state index contributed by atoms with van der Waals surface area (Å²) in [6, 6.07) is 44.9. The van der Waals surface area contributed by atoms with Crippen molar-refractivity contribution in [1.82, 2.24) is 0 Å². The Morgan fingerprint density at radius 1 is 0.644 bits per heavy atom. The first kappa shape index (κ1) is 27.3. The van der Waals surface area contributed by atoms with Gasteiger partial charge in [0, 0.05) is 56.4 Å². The fraction of sp³-hybridized carbons (Fsp3) is 0. The first-order valence-electron chi connectivity index (χ1n) is 14.2. The van der Waals surface area contributed by atoms with Crippen molar-refractivity contribution in [3.05, 3.63) is 132 Å². The van der Waals surface area contributed by atoms with Crippen LogP contribution in [0.1, 0.15) is 4.88 Å². The maximum atomic E-state index is 11.2. The number of rotatable bonds is 6. The highest BCUT2D eigenvalue weighted by atomic mass is 32.1. The number of para-hydroxylation sites is 1. The van der Waals surface area contributed by atoms with Gasteiger partial charge in [0.25, 0.3) is 0 Å². The Morgan fingerprint density at radius 3 is 2.11 bits per heavy atom. The topological polar surface area (TPSA) is 64.3 Å². The van der Waals surface area contributed by atoms with Crippen LogP contribution in [0, 0.1) is 11.3 Å². The largest absolute Gasteiger partial charge is 0.477 e. The molecule has 5 aromatic carbocycles. The molecule has 0 fully saturated rings. The van der Waals surface area contributed by atoms with Gasteiger partial charge in [-0.3, -0.25) is 0 Å². The Balaban J connectivity index is 1.18. The van der Waals surface area contributed by atoms with E-state index >= 15 is 0 Å². The van der Waals surface area contributed by atoms with E-state index in [9.17, 15) is 9.90 Å². The Bertz CT molecular complexity index is 2460. The Hall–Kier alpha value is -5.26. The molecule has 1 N–H and O–H groups in total. The highest BCUT2D eigenvalue weighted by molar-refractivity contribution is 7.30. The summed E-state index contributed by atoms with van der Waals surface area (Å²) in [4.78, 5) is 15.5. The number of fused-ring (bicyclic) bond motifs is 5. The SMILES string of the molecule is N#C/C(=C\c1cc2sc(-c3ccc4c(c3)sc3cc(N(c5ccccc5)c5ccc6ccccc6c5)ccc34)cc2s1)C(=O)O. The molecule has 0 unspecified atom stereocenters. The molecule has 0 radical (unpaired) electrons. The molecule has 45 heavy (non-hydrogen) atoms. The Labute approximate surface area is 270 Å². The van der Waals surface area contributed by atoms with Gasteiger partial charge in [-0.2, -0.15) is 5.26 Å². The summed E-state index contributed by atoms with van der Waals surface area (Å²) in [6.07, 6.45) is 1.44. The number of benzene rings is 5. The highest BCUT2D eigenvalue weighted by Gasteiger charge is 2.16. The molecule has 0 spiro atoms. The van der Waals surface area contributed by atoms with E-state index in [1.165, 1.54) is 48.4 Å². The molecule has 0 amide bonds. The number of hydrogen-bond acceptors (Lipinski definition) is 6. The molecule has 8 rings (SSSR count). The molecule has 4 nitrogen and oxygen atoms in total. The van der Waals surface area contributed by atoms with Crippen molar-refractivity contribution in [3.8, 4) is 16.5 Å². The van der Waals surface area contributed by atoms with Crippen molar-refractivity contribution in [2.45, 2.75) is 0 Å². The van der Waals surface area contributed by atoms with E-state index in [2.05, 4.69) is 114 Å². The second-order valence-corrected chi connectivity index (χ2v) is 13.9. The van der Waals surface area contributed by atoms with Crippen LogP contribution in [-0.4, -0.2) is 11.1 Å². The molecule has 0 saturated heterocycles. The number of carboxylic acids is 1. The van der Waals surface area contributed by atoms with Crippen LogP contribution < -0.4 is 4.90 Å². The van der Waals surface area contributed by atoms with Crippen LogP contribution in [0.3, 0.4) is 0 Å². The molecule has 8 aromatic rings. The first-order valence-corrected chi connectivity index (χ1v) is 16.7. The molecule has 0 saturated carbocycles. The molecule has 0 atom stereocenters. The summed E-state index contributed by atoms with van der Waals surface area (Å²) in [7, 11) is 0. The van der Waals surface area contributed by atoms with E-state index < -0.39 is 5.97 Å². The molecule has 0 aliphatic carbocycles. The second kappa shape index (κ2) is 11.0. The molecule has 214 valence electrons. The van der Waals surface area contributed by atoms with E-state index in [0.29, 0.717) is 0 Å². The first-order chi connectivity index (χ1) is 22.0. The average Bonchev–Trinajstić information content (AvgIpc) is 3.75. The zero-order valence-electron chi connectivity index (χ0n) is 23.6. The average molecular weight is 635 g/mol. The van der Waals surface area contributed by atoms with Crippen LogP contribution in [0.5, 0.6) is 0 Å². The summed E-state index contributed by atoms with van der Waals surface area (Å²) in [6.45, 7) is 0. The van der Waals surface area contributed by atoms with Gasteiger partial charge in [0.2, 0.25) is 0 Å². The van der Waals surface area contributed by atoms with Crippen LogP contribution in [0.4, 0.5) is 17.1 Å². The van der Waals surface area contributed by atoms with Gasteiger partial charge >= 0.3 is 5.97 Å². The van der Waals surface area contributed by atoms with E-state index in [0.717, 1.165) is 41.8 Å². The van der Waals surface area contributed by atoms with Crippen LogP contribution in [-0.2, 0) is 4.79 Å². The monoisotopic (exact) mass is 634 g/mol. The van der Waals surface area contributed by atoms with Crippen molar-refractivity contribution < 1.29 is 9.90 Å². The molecule has 3 heterocycles. The number of carbonyl (C=O) groups is 1. The van der Waals surface area contributed by atoms with E-state index in [4.69, 9.17) is 5.26 Å². The fourth-order valence-corrected chi connectivity index (χ4v) is 9.28. The number of anilines is 3. The van der Waals surface area contributed by atoms with Gasteiger partial charge in [0.1, 0.15) is 11.6 Å². The number of hydrogen-bond donors (Lipinski definition) is 1. The minimum Gasteiger partial charge on any atom is -0.477 e. The number of carboxylic acid groups (broad SMARTS) is 1. The number of thiophene rings is 3. The molecule has 0 bridgehead atoms. The van der Waals surface area contributed by atoms with Gasteiger partial charge in [-0.25, -0.2) is 4.79 Å². The number of nitriles is 1. The minimum atomic E-state index is -1.21.